The predicted octanol–water partition coefficient (Wildman–Crippen LogP) is 2.88. The third-order valence-electron chi connectivity index (χ3n) is 5.52. The summed E-state index contributed by atoms with van der Waals surface area (Å²) in [6, 6.07) is 1.70. The number of ether oxygens (including phenoxy) is 1. The van der Waals surface area contributed by atoms with Gasteiger partial charge in [-0.15, -0.1) is 11.3 Å². The zero-order valence-corrected chi connectivity index (χ0v) is 14.4. The van der Waals surface area contributed by atoms with Crippen molar-refractivity contribution in [1.29, 1.82) is 0 Å². The number of alkyl halides is 2. The molecule has 5 nitrogen and oxygen atoms in total. The second-order valence-electron chi connectivity index (χ2n) is 7.09. The Morgan fingerprint density at radius 1 is 1.36 bits per heavy atom. The average Bonchev–Trinajstić information content (AvgIpc) is 2.97. The van der Waals surface area contributed by atoms with E-state index in [1.165, 1.54) is 11.3 Å². The molecule has 25 heavy (non-hydrogen) atoms. The SMILES string of the molecule is O=C(O)c1cc2c(s1)CCOC21CCN(C(=O)CC2CC2(F)F)CC1. The first-order valence-electron chi connectivity index (χ1n) is 8.47. The minimum absolute atomic E-state index is 0.0896. The summed E-state index contributed by atoms with van der Waals surface area (Å²) < 4.78 is 32.0. The van der Waals surface area contributed by atoms with Crippen LogP contribution in [0, 0.1) is 5.92 Å². The topological polar surface area (TPSA) is 66.8 Å². The molecule has 1 aromatic heterocycles. The Morgan fingerprint density at radius 3 is 2.64 bits per heavy atom. The van der Waals surface area contributed by atoms with Crippen LogP contribution in [0.15, 0.2) is 6.07 Å². The van der Waals surface area contributed by atoms with Gasteiger partial charge in [0.2, 0.25) is 5.91 Å². The molecule has 0 radical (unpaired) electrons. The zero-order valence-electron chi connectivity index (χ0n) is 13.6. The van der Waals surface area contributed by atoms with Gasteiger partial charge in [0.05, 0.1) is 12.2 Å². The lowest BCUT2D eigenvalue weighted by molar-refractivity contribution is -0.141. The molecule has 1 saturated carbocycles. The van der Waals surface area contributed by atoms with E-state index in [0.717, 1.165) is 10.4 Å². The van der Waals surface area contributed by atoms with Crippen molar-refractivity contribution in [2.45, 2.75) is 43.6 Å². The molecule has 2 aliphatic heterocycles. The number of carboxylic acids is 1. The van der Waals surface area contributed by atoms with Crippen molar-refractivity contribution in [1.82, 2.24) is 4.90 Å². The number of piperidine rings is 1. The molecule has 1 N–H and O–H groups in total. The van der Waals surface area contributed by atoms with Crippen molar-refractivity contribution in [3.8, 4) is 0 Å². The molecule has 1 aromatic rings. The lowest BCUT2D eigenvalue weighted by atomic mass is 9.82. The zero-order chi connectivity index (χ0) is 17.8. The van der Waals surface area contributed by atoms with E-state index in [-0.39, 0.29) is 18.7 Å². The maximum atomic E-state index is 13.0. The number of aromatic carboxylic acids is 1. The monoisotopic (exact) mass is 371 g/mol. The molecule has 3 heterocycles. The van der Waals surface area contributed by atoms with E-state index in [1.807, 2.05) is 0 Å². The van der Waals surface area contributed by atoms with E-state index in [2.05, 4.69) is 0 Å². The summed E-state index contributed by atoms with van der Waals surface area (Å²) in [7, 11) is 0. The molecular formula is C17H19F2NO4S. The first-order valence-corrected chi connectivity index (χ1v) is 9.28. The maximum Gasteiger partial charge on any atom is 0.345 e. The predicted molar refractivity (Wildman–Crippen MR) is 86.1 cm³/mol. The molecule has 1 aliphatic carbocycles. The number of hydrogen-bond donors (Lipinski definition) is 1. The van der Waals surface area contributed by atoms with E-state index in [9.17, 15) is 23.5 Å². The summed E-state index contributed by atoms with van der Waals surface area (Å²) in [5.74, 6) is -4.63. The molecule has 4 rings (SSSR count). The van der Waals surface area contributed by atoms with E-state index in [0.29, 0.717) is 43.8 Å². The summed E-state index contributed by atoms with van der Waals surface area (Å²) in [6.45, 7) is 1.44. The number of halogens is 2. The molecule has 1 saturated heterocycles. The van der Waals surface area contributed by atoms with Gasteiger partial charge in [-0.3, -0.25) is 4.79 Å². The molecule has 2 fully saturated rings. The number of nitrogens with zero attached hydrogens (tertiary/aromatic N) is 1. The minimum Gasteiger partial charge on any atom is -0.477 e. The van der Waals surface area contributed by atoms with Crippen LogP contribution in [0.2, 0.25) is 0 Å². The van der Waals surface area contributed by atoms with E-state index in [4.69, 9.17) is 4.74 Å². The molecule has 1 amide bonds. The number of amides is 1. The van der Waals surface area contributed by atoms with E-state index >= 15 is 0 Å². The van der Waals surface area contributed by atoms with Crippen molar-refractivity contribution < 1.29 is 28.2 Å². The summed E-state index contributed by atoms with van der Waals surface area (Å²) in [6.07, 6.45) is 1.57. The van der Waals surface area contributed by atoms with Gasteiger partial charge in [-0.25, -0.2) is 13.6 Å². The van der Waals surface area contributed by atoms with Gasteiger partial charge < -0.3 is 14.7 Å². The van der Waals surface area contributed by atoms with Crippen molar-refractivity contribution >= 4 is 23.2 Å². The smallest absolute Gasteiger partial charge is 0.345 e. The molecule has 1 unspecified atom stereocenters. The van der Waals surface area contributed by atoms with Crippen LogP contribution < -0.4 is 0 Å². The highest BCUT2D eigenvalue weighted by atomic mass is 32.1. The molecule has 136 valence electrons. The molecular weight excluding hydrogens is 352 g/mol. The second-order valence-corrected chi connectivity index (χ2v) is 8.23. The quantitative estimate of drug-likeness (QED) is 0.887. The van der Waals surface area contributed by atoms with Crippen LogP contribution in [-0.4, -0.2) is 47.5 Å². The van der Waals surface area contributed by atoms with Crippen LogP contribution >= 0.6 is 11.3 Å². The van der Waals surface area contributed by atoms with E-state index in [1.54, 1.807) is 11.0 Å². The standard InChI is InChI=1S/C17H19F2NO4S/c18-17(19)9-10(17)7-14(21)20-4-2-16(3-5-20)11-8-13(15(22)23)25-12(11)1-6-24-16/h8,10H,1-7,9H2,(H,22,23). The normalized spacial score (nSPS) is 26.3. The number of carbonyl (C=O) groups excluding carboxylic acids is 1. The number of carbonyl (C=O) groups is 2. The number of fused-ring (bicyclic) bond motifs is 2. The van der Waals surface area contributed by atoms with Crippen LogP contribution in [-0.2, 0) is 21.6 Å². The molecule has 1 spiro atoms. The second kappa shape index (κ2) is 5.74. The number of rotatable bonds is 3. The lowest BCUT2D eigenvalue weighted by Gasteiger charge is -2.44. The maximum absolute atomic E-state index is 13.0. The van der Waals surface area contributed by atoms with Gasteiger partial charge in [0.1, 0.15) is 4.88 Å². The third-order valence-corrected chi connectivity index (χ3v) is 6.70. The largest absolute Gasteiger partial charge is 0.477 e. The van der Waals surface area contributed by atoms with E-state index < -0.39 is 23.4 Å². The number of likely N-dealkylation sites (tertiary alicyclic amines) is 1. The van der Waals surface area contributed by atoms with Crippen LogP contribution in [0.1, 0.15) is 45.8 Å². The highest BCUT2D eigenvalue weighted by Gasteiger charge is 2.57. The number of carboxylic acid groups (broad SMARTS) is 1. The van der Waals surface area contributed by atoms with Gasteiger partial charge in [0.25, 0.3) is 5.92 Å². The van der Waals surface area contributed by atoms with Gasteiger partial charge in [0, 0.05) is 43.1 Å². The summed E-state index contributed by atoms with van der Waals surface area (Å²) >= 11 is 1.29. The Labute approximate surface area is 147 Å². The van der Waals surface area contributed by atoms with Crippen LogP contribution in [0.4, 0.5) is 8.78 Å². The molecule has 8 heteroatoms. The van der Waals surface area contributed by atoms with Gasteiger partial charge in [0.15, 0.2) is 0 Å². The van der Waals surface area contributed by atoms with Crippen LogP contribution in [0.5, 0.6) is 0 Å². The summed E-state index contributed by atoms with van der Waals surface area (Å²) in [4.78, 5) is 26.5. The fourth-order valence-corrected chi connectivity index (χ4v) is 4.95. The van der Waals surface area contributed by atoms with Gasteiger partial charge in [-0.1, -0.05) is 0 Å². The first-order chi connectivity index (χ1) is 11.8. The highest BCUT2D eigenvalue weighted by Crippen LogP contribution is 2.51. The Balaban J connectivity index is 1.45. The molecule has 3 aliphatic rings. The minimum atomic E-state index is -2.67. The van der Waals surface area contributed by atoms with Gasteiger partial charge in [-0.05, 0) is 24.5 Å². The van der Waals surface area contributed by atoms with Crippen molar-refractivity contribution in [3.05, 3.63) is 21.4 Å². The average molecular weight is 371 g/mol. The Bertz CT molecular complexity index is 724. The van der Waals surface area contributed by atoms with Gasteiger partial charge in [-0.2, -0.15) is 0 Å². The number of hydrogen-bond acceptors (Lipinski definition) is 4. The Hall–Kier alpha value is -1.54. The Morgan fingerprint density at radius 2 is 2.04 bits per heavy atom. The fraction of sp³-hybridized carbons (Fsp3) is 0.647. The first kappa shape index (κ1) is 16.9. The van der Waals surface area contributed by atoms with Crippen molar-refractivity contribution in [3.63, 3.8) is 0 Å². The lowest BCUT2D eigenvalue weighted by Crippen LogP contribution is -2.48. The fourth-order valence-electron chi connectivity index (χ4n) is 3.88. The number of thiophene rings is 1. The van der Waals surface area contributed by atoms with Crippen molar-refractivity contribution in [2.24, 2.45) is 5.92 Å². The Kier molecular flexibility index (Phi) is 3.88. The molecule has 0 bridgehead atoms. The van der Waals surface area contributed by atoms with Crippen LogP contribution in [0.3, 0.4) is 0 Å². The highest BCUT2D eigenvalue weighted by molar-refractivity contribution is 7.14. The van der Waals surface area contributed by atoms with Crippen LogP contribution in [0.25, 0.3) is 0 Å². The summed E-state index contributed by atoms with van der Waals surface area (Å²) in [5, 5.41) is 9.22. The van der Waals surface area contributed by atoms with Crippen molar-refractivity contribution in [2.75, 3.05) is 19.7 Å². The third kappa shape index (κ3) is 2.95. The van der Waals surface area contributed by atoms with Gasteiger partial charge >= 0.3 is 5.97 Å². The molecule has 1 atom stereocenters. The molecule has 0 aromatic carbocycles. The summed E-state index contributed by atoms with van der Waals surface area (Å²) in [5.41, 5.74) is 0.389.